The van der Waals surface area contributed by atoms with E-state index in [0.29, 0.717) is 18.0 Å². The van der Waals surface area contributed by atoms with Crippen LogP contribution >= 0.6 is 0 Å². The van der Waals surface area contributed by atoms with Crippen molar-refractivity contribution < 1.29 is 13.2 Å². The van der Waals surface area contributed by atoms with Crippen LogP contribution in [-0.2, 0) is 21.3 Å². The number of hydrogen-bond acceptors (Lipinski definition) is 4. The fourth-order valence-electron chi connectivity index (χ4n) is 2.50. The Labute approximate surface area is 127 Å². The molecule has 1 aromatic rings. The van der Waals surface area contributed by atoms with E-state index < -0.39 is 10.0 Å². The van der Waals surface area contributed by atoms with Gasteiger partial charge in [0.15, 0.2) is 0 Å². The highest BCUT2D eigenvalue weighted by atomic mass is 32.2. The standard InChI is InChI=1S/C15H24N2O3S/c1-16-12-13-5-4-7-15(11-13)21(18,19)17-9-8-14-6-2-3-10-20-14/h4-5,7,11,14,16-17H,2-3,6,8-10,12H2,1H3. The summed E-state index contributed by atoms with van der Waals surface area (Å²) in [5.41, 5.74) is 0.955. The second-order valence-electron chi connectivity index (χ2n) is 5.35. The zero-order valence-electron chi connectivity index (χ0n) is 12.5. The molecule has 1 aromatic carbocycles. The third kappa shape index (κ3) is 5.07. The lowest BCUT2D eigenvalue weighted by molar-refractivity contribution is 0.0123. The first kappa shape index (κ1) is 16.4. The van der Waals surface area contributed by atoms with Crippen LogP contribution in [0.2, 0.25) is 0 Å². The Morgan fingerprint density at radius 3 is 2.90 bits per heavy atom. The first-order valence-electron chi connectivity index (χ1n) is 7.46. The van der Waals surface area contributed by atoms with Gasteiger partial charge in [0, 0.05) is 19.7 Å². The van der Waals surface area contributed by atoms with Crippen LogP contribution in [-0.4, -0.2) is 34.7 Å². The summed E-state index contributed by atoms with van der Waals surface area (Å²) in [6.45, 7) is 1.87. The summed E-state index contributed by atoms with van der Waals surface area (Å²) in [5.74, 6) is 0. The van der Waals surface area contributed by atoms with Gasteiger partial charge in [-0.3, -0.25) is 0 Å². The predicted molar refractivity (Wildman–Crippen MR) is 82.6 cm³/mol. The van der Waals surface area contributed by atoms with E-state index in [4.69, 9.17) is 4.74 Å². The highest BCUT2D eigenvalue weighted by Gasteiger charge is 2.17. The van der Waals surface area contributed by atoms with Crippen LogP contribution in [0.3, 0.4) is 0 Å². The topological polar surface area (TPSA) is 67.4 Å². The molecular weight excluding hydrogens is 288 g/mol. The third-order valence-corrected chi connectivity index (χ3v) is 5.08. The molecule has 21 heavy (non-hydrogen) atoms. The molecule has 0 saturated carbocycles. The fourth-order valence-corrected chi connectivity index (χ4v) is 3.62. The van der Waals surface area contributed by atoms with E-state index in [2.05, 4.69) is 10.0 Å². The number of ether oxygens (including phenoxy) is 1. The summed E-state index contributed by atoms with van der Waals surface area (Å²) in [6.07, 6.45) is 4.23. The normalized spacial score (nSPS) is 19.6. The molecule has 1 aliphatic heterocycles. The van der Waals surface area contributed by atoms with Gasteiger partial charge in [-0.25, -0.2) is 13.1 Å². The van der Waals surface area contributed by atoms with Gasteiger partial charge in [0.05, 0.1) is 11.0 Å². The van der Waals surface area contributed by atoms with Crippen molar-refractivity contribution in [2.24, 2.45) is 0 Å². The Kier molecular flexibility index (Phi) is 6.17. The van der Waals surface area contributed by atoms with Crippen LogP contribution in [0.1, 0.15) is 31.2 Å². The third-order valence-electron chi connectivity index (χ3n) is 3.62. The largest absolute Gasteiger partial charge is 0.378 e. The molecule has 0 aliphatic carbocycles. The van der Waals surface area contributed by atoms with Crippen LogP contribution in [0.5, 0.6) is 0 Å². The fraction of sp³-hybridized carbons (Fsp3) is 0.600. The number of benzene rings is 1. The molecule has 6 heteroatoms. The van der Waals surface area contributed by atoms with Crippen LogP contribution in [0, 0.1) is 0 Å². The van der Waals surface area contributed by atoms with E-state index in [0.717, 1.165) is 31.4 Å². The van der Waals surface area contributed by atoms with Crippen LogP contribution in [0.15, 0.2) is 29.2 Å². The zero-order chi connectivity index (χ0) is 15.1. The van der Waals surface area contributed by atoms with E-state index in [-0.39, 0.29) is 6.10 Å². The molecule has 1 atom stereocenters. The van der Waals surface area contributed by atoms with Gasteiger partial charge in [-0.05, 0) is 50.4 Å². The SMILES string of the molecule is CNCc1cccc(S(=O)(=O)NCCC2CCCCO2)c1. The lowest BCUT2D eigenvalue weighted by Gasteiger charge is -2.22. The van der Waals surface area contributed by atoms with Crippen molar-refractivity contribution in [3.05, 3.63) is 29.8 Å². The molecule has 0 radical (unpaired) electrons. The van der Waals surface area contributed by atoms with Gasteiger partial charge in [-0.2, -0.15) is 0 Å². The molecule has 2 N–H and O–H groups in total. The van der Waals surface area contributed by atoms with Gasteiger partial charge in [-0.15, -0.1) is 0 Å². The number of hydrogen-bond donors (Lipinski definition) is 2. The van der Waals surface area contributed by atoms with Crippen LogP contribution in [0.25, 0.3) is 0 Å². The Hall–Kier alpha value is -0.950. The molecule has 1 aliphatic rings. The Morgan fingerprint density at radius 2 is 2.19 bits per heavy atom. The molecule has 0 amide bonds. The quantitative estimate of drug-likeness (QED) is 0.803. The lowest BCUT2D eigenvalue weighted by atomic mass is 10.1. The van der Waals surface area contributed by atoms with Crippen molar-refractivity contribution in [3.63, 3.8) is 0 Å². The number of sulfonamides is 1. The molecule has 0 bridgehead atoms. The van der Waals surface area contributed by atoms with Crippen molar-refractivity contribution >= 4 is 10.0 Å². The molecule has 0 spiro atoms. The average molecular weight is 312 g/mol. The van der Waals surface area contributed by atoms with Gasteiger partial charge in [0.2, 0.25) is 10.0 Å². The maximum Gasteiger partial charge on any atom is 0.240 e. The van der Waals surface area contributed by atoms with Gasteiger partial charge in [0.25, 0.3) is 0 Å². The molecule has 1 unspecified atom stereocenters. The minimum Gasteiger partial charge on any atom is -0.378 e. The van der Waals surface area contributed by atoms with Crippen molar-refractivity contribution in [2.75, 3.05) is 20.2 Å². The first-order valence-corrected chi connectivity index (χ1v) is 8.95. The highest BCUT2D eigenvalue weighted by Crippen LogP contribution is 2.16. The molecule has 2 rings (SSSR count). The van der Waals surface area contributed by atoms with Crippen molar-refractivity contribution in [3.8, 4) is 0 Å². The molecule has 1 fully saturated rings. The van der Waals surface area contributed by atoms with Gasteiger partial charge >= 0.3 is 0 Å². The zero-order valence-corrected chi connectivity index (χ0v) is 13.3. The monoisotopic (exact) mass is 312 g/mol. The lowest BCUT2D eigenvalue weighted by Crippen LogP contribution is -2.29. The van der Waals surface area contributed by atoms with E-state index in [9.17, 15) is 8.42 Å². The smallest absolute Gasteiger partial charge is 0.240 e. The molecule has 1 saturated heterocycles. The van der Waals surface area contributed by atoms with Gasteiger partial charge < -0.3 is 10.1 Å². The number of rotatable bonds is 7. The maximum absolute atomic E-state index is 12.3. The predicted octanol–water partition coefficient (Wildman–Crippen LogP) is 1.64. The summed E-state index contributed by atoms with van der Waals surface area (Å²) in [6, 6.07) is 7.01. The van der Waals surface area contributed by atoms with Crippen molar-refractivity contribution in [1.29, 1.82) is 0 Å². The van der Waals surface area contributed by atoms with Crippen LogP contribution < -0.4 is 10.0 Å². The van der Waals surface area contributed by atoms with Gasteiger partial charge in [-0.1, -0.05) is 12.1 Å². The molecule has 5 nitrogen and oxygen atoms in total. The van der Waals surface area contributed by atoms with E-state index in [1.54, 1.807) is 18.2 Å². The summed E-state index contributed by atoms with van der Waals surface area (Å²) in [5, 5.41) is 3.02. The van der Waals surface area contributed by atoms with Crippen LogP contribution in [0.4, 0.5) is 0 Å². The summed E-state index contributed by atoms with van der Waals surface area (Å²) in [7, 11) is -1.60. The summed E-state index contributed by atoms with van der Waals surface area (Å²) >= 11 is 0. The summed E-state index contributed by atoms with van der Waals surface area (Å²) in [4.78, 5) is 0.319. The van der Waals surface area contributed by atoms with Crippen molar-refractivity contribution in [1.82, 2.24) is 10.0 Å². The Morgan fingerprint density at radius 1 is 1.33 bits per heavy atom. The second kappa shape index (κ2) is 7.89. The van der Waals surface area contributed by atoms with E-state index >= 15 is 0 Å². The minimum atomic E-state index is -3.44. The molecule has 0 aromatic heterocycles. The van der Waals surface area contributed by atoms with E-state index in [1.807, 2.05) is 13.1 Å². The number of nitrogens with one attached hydrogen (secondary N) is 2. The van der Waals surface area contributed by atoms with Crippen molar-refractivity contribution in [2.45, 2.75) is 43.2 Å². The molecule has 1 heterocycles. The average Bonchev–Trinajstić information content (AvgIpc) is 2.49. The van der Waals surface area contributed by atoms with E-state index in [1.165, 1.54) is 6.42 Å². The minimum absolute atomic E-state index is 0.192. The molecular formula is C15H24N2O3S. The summed E-state index contributed by atoms with van der Waals surface area (Å²) < 4.78 is 32.8. The maximum atomic E-state index is 12.3. The highest BCUT2D eigenvalue weighted by molar-refractivity contribution is 7.89. The molecule has 118 valence electrons. The Balaban J connectivity index is 1.90. The first-order chi connectivity index (χ1) is 10.1. The Bertz CT molecular complexity index is 540. The van der Waals surface area contributed by atoms with Gasteiger partial charge in [0.1, 0.15) is 0 Å². The second-order valence-corrected chi connectivity index (χ2v) is 7.12.